The van der Waals surface area contributed by atoms with Crippen LogP contribution in [0.3, 0.4) is 0 Å². The number of amides is 1. The summed E-state index contributed by atoms with van der Waals surface area (Å²) >= 11 is 6.01. The Bertz CT molecular complexity index is 1330. The Morgan fingerprint density at radius 3 is 2.53 bits per heavy atom. The highest BCUT2D eigenvalue weighted by molar-refractivity contribution is 6.31. The number of nitrogens with two attached hydrogens (primary N) is 1. The standard InChI is InChI=1S/C25H29ClF3N7O2/c1-24(6-8-38-9-7-24)35-22-31-13-19-21(34-22)36(18-4-2-14(3-5-18)20(30)37)23(33-19)32-17-11-15(25(27,28)29)10-16(26)12-17/h10-14,18H,2-9H2,1H3,(H2,30,37)(H,32,33)(H,31,34,35). The van der Waals surface area contributed by atoms with Gasteiger partial charge in [0.15, 0.2) is 5.65 Å². The van der Waals surface area contributed by atoms with Gasteiger partial charge in [-0.2, -0.15) is 18.2 Å². The molecule has 1 aromatic carbocycles. The summed E-state index contributed by atoms with van der Waals surface area (Å²) in [6, 6.07) is 3.18. The van der Waals surface area contributed by atoms with Crippen molar-refractivity contribution in [3.63, 3.8) is 0 Å². The molecule has 0 spiro atoms. The van der Waals surface area contributed by atoms with Crippen LogP contribution in [-0.2, 0) is 15.7 Å². The maximum atomic E-state index is 13.4. The van der Waals surface area contributed by atoms with Gasteiger partial charge in [-0.05, 0) is 63.6 Å². The molecule has 3 aromatic rings. The van der Waals surface area contributed by atoms with Crippen LogP contribution in [-0.4, -0.2) is 44.2 Å². The van der Waals surface area contributed by atoms with Crippen molar-refractivity contribution >= 4 is 46.3 Å². The summed E-state index contributed by atoms with van der Waals surface area (Å²) in [5.74, 6) is 0.221. The third kappa shape index (κ3) is 5.65. The normalized spacial score (nSPS) is 21.8. The van der Waals surface area contributed by atoms with Crippen molar-refractivity contribution in [2.45, 2.75) is 63.2 Å². The Morgan fingerprint density at radius 2 is 1.87 bits per heavy atom. The van der Waals surface area contributed by atoms with E-state index in [-0.39, 0.29) is 34.1 Å². The fourth-order valence-corrected chi connectivity index (χ4v) is 5.41. The van der Waals surface area contributed by atoms with Gasteiger partial charge < -0.3 is 21.1 Å². The van der Waals surface area contributed by atoms with Crippen LogP contribution in [0.2, 0.25) is 5.02 Å². The number of primary amides is 1. The molecule has 3 heterocycles. The lowest BCUT2D eigenvalue weighted by atomic mass is 9.85. The van der Waals surface area contributed by atoms with E-state index >= 15 is 0 Å². The van der Waals surface area contributed by atoms with Gasteiger partial charge in [0.05, 0.1) is 11.8 Å². The first-order valence-corrected chi connectivity index (χ1v) is 12.9. The Labute approximate surface area is 222 Å². The molecule has 2 aliphatic rings. The van der Waals surface area contributed by atoms with E-state index in [0.717, 1.165) is 25.0 Å². The molecule has 38 heavy (non-hydrogen) atoms. The van der Waals surface area contributed by atoms with Crippen molar-refractivity contribution in [2.75, 3.05) is 23.8 Å². The number of hydrogen-bond acceptors (Lipinski definition) is 7. The highest BCUT2D eigenvalue weighted by atomic mass is 35.5. The number of benzene rings is 1. The van der Waals surface area contributed by atoms with Crippen LogP contribution in [0.1, 0.15) is 57.1 Å². The van der Waals surface area contributed by atoms with Gasteiger partial charge in [-0.1, -0.05) is 11.6 Å². The first-order chi connectivity index (χ1) is 18.0. The van der Waals surface area contributed by atoms with E-state index in [9.17, 15) is 18.0 Å². The van der Waals surface area contributed by atoms with Gasteiger partial charge >= 0.3 is 6.18 Å². The lowest BCUT2D eigenvalue weighted by Crippen LogP contribution is -2.41. The molecule has 13 heteroatoms. The predicted molar refractivity (Wildman–Crippen MR) is 137 cm³/mol. The number of imidazole rings is 1. The van der Waals surface area contributed by atoms with Crippen molar-refractivity contribution in [3.05, 3.63) is 35.0 Å². The summed E-state index contributed by atoms with van der Waals surface area (Å²) in [6.07, 6.45) is 1.12. The average Bonchev–Trinajstić information content (AvgIpc) is 3.20. The topological polar surface area (TPSA) is 120 Å². The molecule has 0 atom stereocenters. The molecule has 1 aliphatic carbocycles. The molecule has 1 saturated carbocycles. The first kappa shape index (κ1) is 26.5. The fraction of sp³-hybridized carbons (Fsp3) is 0.520. The number of alkyl halides is 3. The number of anilines is 3. The molecule has 0 bridgehead atoms. The number of hydrogen-bond donors (Lipinski definition) is 3. The highest BCUT2D eigenvalue weighted by Crippen LogP contribution is 2.38. The van der Waals surface area contributed by atoms with E-state index in [1.807, 2.05) is 4.57 Å². The number of fused-ring (bicyclic) bond motifs is 1. The Hall–Kier alpha value is -3.12. The second-order valence-corrected chi connectivity index (χ2v) is 10.7. The third-order valence-electron chi connectivity index (χ3n) is 7.39. The minimum atomic E-state index is -4.55. The Kier molecular flexibility index (Phi) is 7.12. The molecule has 204 valence electrons. The predicted octanol–water partition coefficient (Wildman–Crippen LogP) is 5.44. The molecule has 0 unspecified atom stereocenters. The van der Waals surface area contributed by atoms with Crippen LogP contribution in [0.15, 0.2) is 24.4 Å². The molecular formula is C25H29ClF3N7O2. The van der Waals surface area contributed by atoms with Crippen molar-refractivity contribution in [1.82, 2.24) is 19.5 Å². The largest absolute Gasteiger partial charge is 0.416 e. The molecule has 5 rings (SSSR count). The van der Waals surface area contributed by atoms with E-state index in [1.165, 1.54) is 6.07 Å². The summed E-state index contributed by atoms with van der Waals surface area (Å²) < 4.78 is 47.6. The average molecular weight is 552 g/mol. The maximum Gasteiger partial charge on any atom is 0.416 e. The summed E-state index contributed by atoms with van der Waals surface area (Å²) in [7, 11) is 0. The first-order valence-electron chi connectivity index (χ1n) is 12.6. The van der Waals surface area contributed by atoms with E-state index < -0.39 is 11.7 Å². The van der Waals surface area contributed by atoms with E-state index in [2.05, 4.69) is 27.5 Å². The van der Waals surface area contributed by atoms with Crippen LogP contribution < -0.4 is 16.4 Å². The summed E-state index contributed by atoms with van der Waals surface area (Å²) in [4.78, 5) is 25.6. The number of carbonyl (C=O) groups excluding carboxylic acids is 1. The van der Waals surface area contributed by atoms with Gasteiger partial charge in [-0.15, -0.1) is 0 Å². The van der Waals surface area contributed by atoms with Crippen molar-refractivity contribution in [2.24, 2.45) is 11.7 Å². The zero-order valence-electron chi connectivity index (χ0n) is 20.8. The van der Waals surface area contributed by atoms with E-state index in [1.54, 1.807) is 6.20 Å². The lowest BCUT2D eigenvalue weighted by molar-refractivity contribution is -0.137. The molecule has 1 aliphatic heterocycles. The zero-order valence-corrected chi connectivity index (χ0v) is 21.6. The van der Waals surface area contributed by atoms with Gasteiger partial charge in [0, 0.05) is 41.4 Å². The van der Waals surface area contributed by atoms with Gasteiger partial charge in [-0.25, -0.2) is 9.97 Å². The molecule has 1 saturated heterocycles. The van der Waals surface area contributed by atoms with Crippen molar-refractivity contribution in [3.8, 4) is 0 Å². The number of carbonyl (C=O) groups is 1. The maximum absolute atomic E-state index is 13.4. The minimum Gasteiger partial charge on any atom is -0.381 e. The quantitative estimate of drug-likeness (QED) is 0.373. The third-order valence-corrected chi connectivity index (χ3v) is 7.61. The minimum absolute atomic E-state index is 0.0528. The second-order valence-electron chi connectivity index (χ2n) is 10.3. The Morgan fingerprint density at radius 1 is 1.16 bits per heavy atom. The van der Waals surface area contributed by atoms with Gasteiger partial charge in [0.2, 0.25) is 17.8 Å². The second kappa shape index (κ2) is 10.2. The summed E-state index contributed by atoms with van der Waals surface area (Å²) in [5.41, 5.74) is 5.61. The van der Waals surface area contributed by atoms with Crippen LogP contribution in [0.4, 0.5) is 30.8 Å². The number of aromatic nitrogens is 4. The lowest BCUT2D eigenvalue weighted by Gasteiger charge is -2.34. The van der Waals surface area contributed by atoms with Crippen molar-refractivity contribution < 1.29 is 22.7 Å². The Balaban J connectivity index is 1.53. The summed E-state index contributed by atoms with van der Waals surface area (Å²) in [6.45, 7) is 3.37. The molecule has 4 N–H and O–H groups in total. The molecule has 0 radical (unpaired) electrons. The number of nitrogens with zero attached hydrogens (tertiary/aromatic N) is 4. The van der Waals surface area contributed by atoms with Gasteiger partial charge in [0.1, 0.15) is 5.52 Å². The number of ether oxygens (including phenoxy) is 1. The SMILES string of the molecule is CC1(Nc2ncc3nc(Nc4cc(Cl)cc(C(F)(F)F)c4)n(C4CCC(C(N)=O)CC4)c3n2)CCOCC1. The highest BCUT2D eigenvalue weighted by Gasteiger charge is 2.33. The van der Waals surface area contributed by atoms with Crippen molar-refractivity contribution in [1.29, 1.82) is 0 Å². The van der Waals surface area contributed by atoms with E-state index in [4.69, 9.17) is 27.1 Å². The van der Waals surface area contributed by atoms with Crippen LogP contribution in [0.25, 0.3) is 11.2 Å². The molecular weight excluding hydrogens is 523 g/mol. The fourth-order valence-electron chi connectivity index (χ4n) is 5.18. The number of nitrogens with one attached hydrogen (secondary N) is 2. The van der Waals surface area contributed by atoms with Gasteiger partial charge in [0.25, 0.3) is 0 Å². The van der Waals surface area contributed by atoms with Crippen LogP contribution in [0, 0.1) is 5.92 Å². The van der Waals surface area contributed by atoms with Gasteiger partial charge in [-0.3, -0.25) is 9.36 Å². The number of rotatable bonds is 6. The molecule has 1 amide bonds. The monoisotopic (exact) mass is 551 g/mol. The van der Waals surface area contributed by atoms with Crippen LogP contribution >= 0.6 is 11.6 Å². The smallest absolute Gasteiger partial charge is 0.381 e. The zero-order chi connectivity index (χ0) is 27.1. The number of halogens is 4. The summed E-state index contributed by atoms with van der Waals surface area (Å²) in [5, 5.41) is 6.40. The molecule has 2 fully saturated rings. The van der Waals surface area contributed by atoms with E-state index in [0.29, 0.717) is 62.0 Å². The molecule has 2 aromatic heterocycles. The molecule has 9 nitrogen and oxygen atoms in total. The van der Waals surface area contributed by atoms with Crippen LogP contribution in [0.5, 0.6) is 0 Å².